The maximum absolute atomic E-state index is 9.48. The molecule has 1 saturated heterocycles. The van der Waals surface area contributed by atoms with Crippen molar-refractivity contribution in [2.75, 3.05) is 13.2 Å². The lowest BCUT2D eigenvalue weighted by Crippen LogP contribution is -2.59. The van der Waals surface area contributed by atoms with E-state index < -0.39 is 18.3 Å². The van der Waals surface area contributed by atoms with Gasteiger partial charge in [0.25, 0.3) is 0 Å². The van der Waals surface area contributed by atoms with Crippen LogP contribution in [0.5, 0.6) is 0 Å². The summed E-state index contributed by atoms with van der Waals surface area (Å²) in [5.41, 5.74) is 0. The second-order valence-electron chi connectivity index (χ2n) is 3.43. The zero-order chi connectivity index (χ0) is 9.84. The Kier molecular flexibility index (Phi) is 6.59. The summed E-state index contributed by atoms with van der Waals surface area (Å²) in [7, 11) is 0. The molecule has 1 fully saturated rings. The highest BCUT2D eigenvalue weighted by Crippen LogP contribution is 2.14. The van der Waals surface area contributed by atoms with Gasteiger partial charge in [0, 0.05) is 19.2 Å². The van der Waals surface area contributed by atoms with Crippen molar-refractivity contribution in [2.45, 2.75) is 37.2 Å². The lowest BCUT2D eigenvalue weighted by molar-refractivity contribution is -0.0955. The first kappa shape index (κ1) is 14.1. The second-order valence-corrected chi connectivity index (χ2v) is 3.43. The highest BCUT2D eigenvalue weighted by molar-refractivity contribution is 5.85. The number of halogens is 1. The largest absolute Gasteiger partial charge is 0.396 e. The summed E-state index contributed by atoms with van der Waals surface area (Å²) in [5.74, 6) is 0. The van der Waals surface area contributed by atoms with Crippen molar-refractivity contribution in [2.24, 2.45) is 0 Å². The van der Waals surface area contributed by atoms with E-state index in [9.17, 15) is 10.2 Å². The second kappa shape index (κ2) is 6.55. The van der Waals surface area contributed by atoms with E-state index in [0.29, 0.717) is 12.8 Å². The lowest BCUT2D eigenvalue weighted by atomic mass is 9.93. The van der Waals surface area contributed by atoms with Crippen LogP contribution in [0.15, 0.2) is 0 Å². The predicted molar refractivity (Wildman–Crippen MR) is 53.4 cm³/mol. The molecule has 1 aliphatic heterocycles. The fourth-order valence-corrected chi connectivity index (χ4v) is 1.56. The van der Waals surface area contributed by atoms with Crippen LogP contribution in [-0.2, 0) is 0 Å². The van der Waals surface area contributed by atoms with Crippen LogP contribution in [0.4, 0.5) is 0 Å². The number of nitrogens with one attached hydrogen (secondary N) is 1. The number of aliphatic hydroxyl groups excluding tert-OH is 4. The Morgan fingerprint density at radius 3 is 2.36 bits per heavy atom. The smallest absolute Gasteiger partial charge is 0.108 e. The van der Waals surface area contributed by atoms with Crippen LogP contribution in [0.2, 0.25) is 0 Å². The minimum Gasteiger partial charge on any atom is -0.396 e. The zero-order valence-electron chi connectivity index (χ0n) is 7.83. The van der Waals surface area contributed by atoms with Gasteiger partial charge in [0.05, 0.1) is 12.2 Å². The fraction of sp³-hybridized carbons (Fsp3) is 1.00. The monoisotopic (exact) mass is 227 g/mol. The van der Waals surface area contributed by atoms with Gasteiger partial charge >= 0.3 is 0 Å². The molecule has 6 heteroatoms. The van der Waals surface area contributed by atoms with E-state index in [-0.39, 0.29) is 31.6 Å². The molecule has 0 radical (unpaired) electrons. The molecule has 4 atom stereocenters. The maximum Gasteiger partial charge on any atom is 0.108 e. The van der Waals surface area contributed by atoms with Gasteiger partial charge in [-0.3, -0.25) is 0 Å². The summed E-state index contributed by atoms with van der Waals surface area (Å²) >= 11 is 0. The number of hydrogen-bond donors (Lipinski definition) is 5. The van der Waals surface area contributed by atoms with E-state index >= 15 is 0 Å². The van der Waals surface area contributed by atoms with E-state index in [1.165, 1.54) is 0 Å². The van der Waals surface area contributed by atoms with Crippen molar-refractivity contribution in [1.82, 2.24) is 5.32 Å². The molecule has 1 rings (SSSR count). The van der Waals surface area contributed by atoms with E-state index in [4.69, 9.17) is 10.2 Å². The van der Waals surface area contributed by atoms with Gasteiger partial charge in [-0.05, 0) is 12.8 Å². The Labute approximate surface area is 89.2 Å². The van der Waals surface area contributed by atoms with Crippen molar-refractivity contribution < 1.29 is 20.4 Å². The molecule has 0 bridgehead atoms. The van der Waals surface area contributed by atoms with Crippen molar-refractivity contribution in [1.29, 1.82) is 0 Å². The first-order valence-corrected chi connectivity index (χ1v) is 4.55. The lowest BCUT2D eigenvalue weighted by Gasteiger charge is -2.36. The van der Waals surface area contributed by atoms with Gasteiger partial charge < -0.3 is 25.7 Å². The molecule has 0 spiro atoms. The van der Waals surface area contributed by atoms with Crippen LogP contribution in [0, 0.1) is 0 Å². The van der Waals surface area contributed by atoms with E-state index in [2.05, 4.69) is 5.32 Å². The van der Waals surface area contributed by atoms with Crippen molar-refractivity contribution >= 4 is 12.4 Å². The van der Waals surface area contributed by atoms with Gasteiger partial charge in [-0.2, -0.15) is 0 Å². The van der Waals surface area contributed by atoms with Crippen LogP contribution in [0.3, 0.4) is 0 Å². The summed E-state index contributed by atoms with van der Waals surface area (Å²) in [5, 5.41) is 39.5. The Morgan fingerprint density at radius 1 is 1.14 bits per heavy atom. The first-order chi connectivity index (χ1) is 6.16. The molecule has 0 saturated carbocycles. The molecule has 86 valence electrons. The van der Waals surface area contributed by atoms with Gasteiger partial charge in [-0.1, -0.05) is 0 Å². The molecular formula is C8H18ClNO4. The highest BCUT2D eigenvalue weighted by atomic mass is 35.5. The quantitative estimate of drug-likeness (QED) is 0.394. The molecule has 5 nitrogen and oxygen atoms in total. The van der Waals surface area contributed by atoms with Crippen LogP contribution in [-0.4, -0.2) is 57.9 Å². The minimum absolute atomic E-state index is 0. The molecule has 0 aromatic rings. The Morgan fingerprint density at radius 2 is 1.79 bits per heavy atom. The summed E-state index contributed by atoms with van der Waals surface area (Å²) in [6.45, 7) is 0.359. The molecule has 1 heterocycles. The molecule has 0 amide bonds. The van der Waals surface area contributed by atoms with Gasteiger partial charge in [0.15, 0.2) is 0 Å². The van der Waals surface area contributed by atoms with Gasteiger partial charge in [-0.25, -0.2) is 0 Å². The summed E-state index contributed by atoms with van der Waals surface area (Å²) in [6.07, 6.45) is -1.75. The third-order valence-electron chi connectivity index (χ3n) is 2.42. The molecular weight excluding hydrogens is 210 g/mol. The molecule has 0 aliphatic carbocycles. The number of aliphatic hydroxyl groups is 4. The van der Waals surface area contributed by atoms with Crippen LogP contribution < -0.4 is 5.32 Å². The van der Waals surface area contributed by atoms with E-state index in [1.54, 1.807) is 0 Å². The van der Waals surface area contributed by atoms with Gasteiger partial charge in [0.1, 0.15) is 6.10 Å². The Balaban J connectivity index is 0.00000169. The average Bonchev–Trinajstić information content (AvgIpc) is 2.13. The molecule has 0 aromatic heterocycles. The van der Waals surface area contributed by atoms with Gasteiger partial charge in [-0.15, -0.1) is 12.4 Å². The van der Waals surface area contributed by atoms with E-state index in [0.717, 1.165) is 0 Å². The number of piperidine rings is 1. The maximum atomic E-state index is 9.48. The van der Waals surface area contributed by atoms with Crippen LogP contribution >= 0.6 is 12.4 Å². The van der Waals surface area contributed by atoms with E-state index in [1.807, 2.05) is 0 Å². The third kappa shape index (κ3) is 3.34. The summed E-state index contributed by atoms with van der Waals surface area (Å²) in [6, 6.07) is -0.231. The van der Waals surface area contributed by atoms with Crippen LogP contribution in [0.25, 0.3) is 0 Å². The predicted octanol–water partition coefficient (Wildman–Crippen LogP) is -1.76. The zero-order valence-corrected chi connectivity index (χ0v) is 8.65. The minimum atomic E-state index is -1.08. The standard InChI is InChI=1S/C8H17NO4.ClH/c10-3-1-2-5-7(12)8(13)6(11)4-9-5;/h5-13H,1-4H2;1H/t5-,6-,7-,8+;/m1./s1. The number of rotatable bonds is 3. The highest BCUT2D eigenvalue weighted by Gasteiger charge is 2.35. The topological polar surface area (TPSA) is 93.0 Å². The molecule has 0 aromatic carbocycles. The molecule has 0 unspecified atom stereocenters. The van der Waals surface area contributed by atoms with Gasteiger partial charge in [0.2, 0.25) is 0 Å². The average molecular weight is 228 g/mol. The van der Waals surface area contributed by atoms with Crippen molar-refractivity contribution in [3.05, 3.63) is 0 Å². The summed E-state index contributed by atoms with van der Waals surface area (Å²) in [4.78, 5) is 0. The van der Waals surface area contributed by atoms with Crippen molar-refractivity contribution in [3.8, 4) is 0 Å². The Hall–Kier alpha value is 0.0900. The molecule has 5 N–H and O–H groups in total. The first-order valence-electron chi connectivity index (χ1n) is 4.55. The molecule has 14 heavy (non-hydrogen) atoms. The number of β-amino-alcohol motifs (C(OH)–C–C–N with tert-alkyl or cyclic N) is 1. The van der Waals surface area contributed by atoms with Crippen molar-refractivity contribution in [3.63, 3.8) is 0 Å². The van der Waals surface area contributed by atoms with Crippen LogP contribution in [0.1, 0.15) is 12.8 Å². The Bertz CT molecular complexity index is 158. The third-order valence-corrected chi connectivity index (χ3v) is 2.42. The SMILES string of the molecule is Cl.OCCC[C@H]1NC[C@@H](O)[C@H](O)[C@@H]1O. The molecule has 1 aliphatic rings. The summed E-state index contributed by atoms with van der Waals surface area (Å²) < 4.78 is 0. The normalized spacial score (nSPS) is 37.7. The number of hydrogen-bond acceptors (Lipinski definition) is 5. The fourth-order valence-electron chi connectivity index (χ4n) is 1.56.